The van der Waals surface area contributed by atoms with E-state index in [1.165, 1.54) is 0 Å². The summed E-state index contributed by atoms with van der Waals surface area (Å²) in [7, 11) is 0. The molecule has 7 nitrogen and oxygen atoms in total. The summed E-state index contributed by atoms with van der Waals surface area (Å²) in [4.78, 5) is 34.6. The van der Waals surface area contributed by atoms with E-state index in [-0.39, 0.29) is 11.5 Å². The van der Waals surface area contributed by atoms with Gasteiger partial charge in [-0.2, -0.15) is 0 Å². The highest BCUT2D eigenvalue weighted by Crippen LogP contribution is 2.25. The minimum Gasteiger partial charge on any atom is -0.379 e. The molecule has 0 bridgehead atoms. The van der Waals surface area contributed by atoms with Crippen molar-refractivity contribution in [1.82, 2.24) is 14.9 Å². The predicted octanol–water partition coefficient (Wildman–Crippen LogP) is 2.17. The van der Waals surface area contributed by atoms with Gasteiger partial charge in [0, 0.05) is 18.7 Å². The normalized spacial score (nSPS) is 14.9. The molecule has 1 saturated heterocycles. The summed E-state index contributed by atoms with van der Waals surface area (Å²) >= 11 is 0. The molecular weight excluding hydrogens is 356 g/mol. The van der Waals surface area contributed by atoms with Crippen LogP contribution in [0.25, 0.3) is 22.3 Å². The second-order valence-electron chi connectivity index (χ2n) is 6.92. The molecule has 4 rings (SSSR count). The molecule has 0 unspecified atom stereocenters. The Bertz CT molecular complexity index is 1070. The lowest BCUT2D eigenvalue weighted by Gasteiger charge is -2.25. The molecule has 1 amide bonds. The predicted molar refractivity (Wildman–Crippen MR) is 108 cm³/mol. The number of anilines is 1. The fourth-order valence-electron chi connectivity index (χ4n) is 3.33. The molecule has 1 aliphatic rings. The minimum atomic E-state index is -0.284. The molecule has 3 aromatic rings. The van der Waals surface area contributed by atoms with Crippen molar-refractivity contribution in [3.05, 3.63) is 58.4 Å². The number of ether oxygens (including phenoxy) is 1. The molecule has 2 heterocycles. The second-order valence-corrected chi connectivity index (χ2v) is 6.92. The van der Waals surface area contributed by atoms with Gasteiger partial charge in [0.2, 0.25) is 5.91 Å². The van der Waals surface area contributed by atoms with Crippen molar-refractivity contribution in [2.45, 2.75) is 6.92 Å². The third-order valence-electron chi connectivity index (χ3n) is 4.77. The van der Waals surface area contributed by atoms with Gasteiger partial charge in [0.1, 0.15) is 5.69 Å². The second kappa shape index (κ2) is 7.92. The van der Waals surface area contributed by atoms with Crippen molar-refractivity contribution in [1.29, 1.82) is 0 Å². The summed E-state index contributed by atoms with van der Waals surface area (Å²) in [6, 6.07) is 13.0. The smallest absolute Gasteiger partial charge is 0.275 e. The molecule has 0 atom stereocenters. The molecule has 0 aliphatic carbocycles. The summed E-state index contributed by atoms with van der Waals surface area (Å²) < 4.78 is 5.31. The van der Waals surface area contributed by atoms with Crippen molar-refractivity contribution >= 4 is 22.6 Å². The number of aromatic amines is 1. The van der Waals surface area contributed by atoms with Gasteiger partial charge in [-0.25, -0.2) is 4.98 Å². The zero-order valence-electron chi connectivity index (χ0n) is 15.7. The first kappa shape index (κ1) is 18.3. The van der Waals surface area contributed by atoms with Crippen LogP contribution in [0.3, 0.4) is 0 Å². The average molecular weight is 378 g/mol. The third kappa shape index (κ3) is 3.95. The number of nitrogens with one attached hydrogen (secondary N) is 2. The first-order valence-electron chi connectivity index (χ1n) is 9.30. The van der Waals surface area contributed by atoms with E-state index in [1.807, 2.05) is 42.2 Å². The van der Waals surface area contributed by atoms with Crippen LogP contribution in [0.4, 0.5) is 5.69 Å². The minimum absolute atomic E-state index is 0.123. The lowest BCUT2D eigenvalue weighted by atomic mass is 10.1. The zero-order valence-corrected chi connectivity index (χ0v) is 15.7. The summed E-state index contributed by atoms with van der Waals surface area (Å²) in [5.74, 6) is -0.123. The lowest BCUT2D eigenvalue weighted by molar-refractivity contribution is -0.118. The maximum atomic E-state index is 12.6. The number of morpholine rings is 1. The van der Waals surface area contributed by atoms with Crippen LogP contribution in [0.5, 0.6) is 0 Å². The highest BCUT2D eigenvalue weighted by Gasteiger charge is 2.17. The van der Waals surface area contributed by atoms with Crippen molar-refractivity contribution in [2.24, 2.45) is 0 Å². The van der Waals surface area contributed by atoms with Gasteiger partial charge in [-0.1, -0.05) is 24.3 Å². The van der Waals surface area contributed by atoms with Crippen molar-refractivity contribution in [3.63, 3.8) is 0 Å². The number of hydrogen-bond donors (Lipinski definition) is 2. The molecule has 0 saturated carbocycles. The topological polar surface area (TPSA) is 87.3 Å². The largest absolute Gasteiger partial charge is 0.379 e. The number of fused-ring (bicyclic) bond motifs is 1. The van der Waals surface area contributed by atoms with Crippen LogP contribution in [-0.2, 0) is 9.53 Å². The number of aryl methyl sites for hydroxylation is 1. The molecule has 1 aliphatic heterocycles. The first-order chi connectivity index (χ1) is 13.6. The van der Waals surface area contributed by atoms with Crippen LogP contribution in [0.1, 0.15) is 5.56 Å². The van der Waals surface area contributed by atoms with E-state index >= 15 is 0 Å². The molecule has 2 N–H and O–H groups in total. The summed E-state index contributed by atoms with van der Waals surface area (Å²) in [5, 5.41) is 2.93. The number of rotatable bonds is 4. The molecule has 7 heteroatoms. The number of nitrogens with zero attached hydrogens (tertiary/aromatic N) is 2. The van der Waals surface area contributed by atoms with Crippen molar-refractivity contribution in [3.8, 4) is 11.3 Å². The quantitative estimate of drug-likeness (QED) is 0.727. The molecule has 144 valence electrons. The van der Waals surface area contributed by atoms with E-state index in [2.05, 4.69) is 15.3 Å². The highest BCUT2D eigenvalue weighted by molar-refractivity contribution is 5.96. The monoisotopic (exact) mass is 378 g/mol. The van der Waals surface area contributed by atoms with Crippen molar-refractivity contribution < 1.29 is 9.53 Å². The molecule has 28 heavy (non-hydrogen) atoms. The number of para-hydroxylation sites is 1. The van der Waals surface area contributed by atoms with Gasteiger partial charge in [0.05, 0.1) is 36.5 Å². The average Bonchev–Trinajstić information content (AvgIpc) is 2.69. The molecular formula is C21H22N4O3. The van der Waals surface area contributed by atoms with E-state index in [9.17, 15) is 9.59 Å². The Kier molecular flexibility index (Phi) is 5.18. The Morgan fingerprint density at radius 3 is 2.82 bits per heavy atom. The van der Waals surface area contributed by atoms with Crippen LogP contribution in [0.2, 0.25) is 0 Å². The van der Waals surface area contributed by atoms with E-state index in [0.29, 0.717) is 47.7 Å². The number of H-pyrrole nitrogens is 1. The lowest BCUT2D eigenvalue weighted by Crippen LogP contribution is -2.41. The molecule has 0 spiro atoms. The summed E-state index contributed by atoms with van der Waals surface area (Å²) in [5.41, 5.74) is 3.63. The summed E-state index contributed by atoms with van der Waals surface area (Å²) in [6.45, 7) is 5.00. The Labute approximate surface area is 162 Å². The maximum absolute atomic E-state index is 12.6. The molecule has 1 aromatic heterocycles. The number of hydrogen-bond acceptors (Lipinski definition) is 5. The Balaban J connectivity index is 1.63. The van der Waals surface area contributed by atoms with E-state index in [0.717, 1.165) is 18.7 Å². The number of carbonyl (C=O) groups is 1. The van der Waals surface area contributed by atoms with Gasteiger partial charge >= 0.3 is 0 Å². The number of carbonyl (C=O) groups excluding carboxylic acids is 1. The van der Waals surface area contributed by atoms with Gasteiger partial charge < -0.3 is 15.0 Å². The van der Waals surface area contributed by atoms with Gasteiger partial charge in [-0.05, 0) is 30.7 Å². The number of benzene rings is 2. The van der Waals surface area contributed by atoms with Crippen LogP contribution in [0.15, 0.2) is 47.3 Å². The SMILES string of the molecule is Cc1ccc2nc(-c3ccccc3NC(=O)CN3CCOCC3)c(=O)[nH]c2c1. The number of amides is 1. The summed E-state index contributed by atoms with van der Waals surface area (Å²) in [6.07, 6.45) is 0. The van der Waals surface area contributed by atoms with Gasteiger partial charge in [-0.3, -0.25) is 14.5 Å². The highest BCUT2D eigenvalue weighted by atomic mass is 16.5. The van der Waals surface area contributed by atoms with Gasteiger partial charge in [0.25, 0.3) is 5.56 Å². The van der Waals surface area contributed by atoms with Crippen LogP contribution in [0, 0.1) is 6.92 Å². The fraction of sp³-hybridized carbons (Fsp3) is 0.286. The first-order valence-corrected chi connectivity index (χ1v) is 9.30. The van der Waals surface area contributed by atoms with E-state index in [4.69, 9.17) is 4.74 Å². The standard InChI is InChI=1S/C21H22N4O3/c1-14-6-7-17-18(12-14)24-21(27)20(23-17)15-4-2-3-5-16(15)22-19(26)13-25-8-10-28-11-9-25/h2-7,12H,8-11,13H2,1H3,(H,22,26)(H,24,27). The van der Waals surface area contributed by atoms with Gasteiger partial charge in [-0.15, -0.1) is 0 Å². The third-order valence-corrected chi connectivity index (χ3v) is 4.77. The molecule has 2 aromatic carbocycles. The van der Waals surface area contributed by atoms with Crippen LogP contribution >= 0.6 is 0 Å². The molecule has 1 fully saturated rings. The molecule has 0 radical (unpaired) electrons. The number of aromatic nitrogens is 2. The maximum Gasteiger partial charge on any atom is 0.275 e. The van der Waals surface area contributed by atoms with E-state index < -0.39 is 0 Å². The van der Waals surface area contributed by atoms with Crippen LogP contribution < -0.4 is 10.9 Å². The zero-order chi connectivity index (χ0) is 19.5. The van der Waals surface area contributed by atoms with E-state index in [1.54, 1.807) is 12.1 Å². The Morgan fingerprint density at radius 1 is 1.21 bits per heavy atom. The Morgan fingerprint density at radius 2 is 2.00 bits per heavy atom. The van der Waals surface area contributed by atoms with Gasteiger partial charge in [0.15, 0.2) is 0 Å². The van der Waals surface area contributed by atoms with Crippen molar-refractivity contribution in [2.75, 3.05) is 38.2 Å². The Hall–Kier alpha value is -3.03. The van der Waals surface area contributed by atoms with Crippen LogP contribution in [-0.4, -0.2) is 53.6 Å². The fourth-order valence-corrected chi connectivity index (χ4v) is 3.33.